The first kappa shape index (κ1) is 12.5. The number of nitrogens with zero attached hydrogens (tertiary/aromatic N) is 1. The summed E-state index contributed by atoms with van der Waals surface area (Å²) in [6, 6.07) is 10.3. The molecule has 100 valence electrons. The molecule has 2 unspecified atom stereocenters. The van der Waals surface area contributed by atoms with Crippen molar-refractivity contribution in [3.8, 4) is 0 Å². The number of furan rings is 1. The van der Waals surface area contributed by atoms with Crippen molar-refractivity contribution in [2.24, 2.45) is 0 Å². The number of hydrogen-bond acceptors (Lipinski definition) is 3. The van der Waals surface area contributed by atoms with Crippen LogP contribution in [0, 0.1) is 6.92 Å². The van der Waals surface area contributed by atoms with Crippen molar-refractivity contribution in [1.29, 1.82) is 0 Å². The van der Waals surface area contributed by atoms with Crippen molar-refractivity contribution in [2.45, 2.75) is 32.0 Å². The zero-order valence-corrected chi connectivity index (χ0v) is 11.3. The molecular formula is C16H19NO2. The van der Waals surface area contributed by atoms with Gasteiger partial charge in [-0.1, -0.05) is 24.3 Å². The largest absolute Gasteiger partial charge is 0.469 e. The lowest BCUT2D eigenvalue weighted by atomic mass is 10.1. The molecule has 0 bridgehead atoms. The number of aliphatic hydroxyl groups excluding tert-OH is 1. The Morgan fingerprint density at radius 1 is 1.32 bits per heavy atom. The summed E-state index contributed by atoms with van der Waals surface area (Å²) in [6.45, 7) is 2.78. The van der Waals surface area contributed by atoms with Crippen LogP contribution < -0.4 is 0 Å². The van der Waals surface area contributed by atoms with Gasteiger partial charge in [-0.15, -0.1) is 0 Å². The third-order valence-electron chi connectivity index (χ3n) is 4.12. The minimum Gasteiger partial charge on any atom is -0.469 e. The molecule has 1 N–H and O–H groups in total. The number of fused-ring (bicyclic) bond motifs is 1. The second-order valence-electron chi connectivity index (χ2n) is 5.33. The van der Waals surface area contributed by atoms with Crippen LogP contribution in [-0.4, -0.2) is 23.1 Å². The first-order valence-electron chi connectivity index (χ1n) is 6.66. The number of aryl methyl sites for hydroxylation is 1. The van der Waals surface area contributed by atoms with Crippen LogP contribution >= 0.6 is 0 Å². The lowest BCUT2D eigenvalue weighted by Gasteiger charge is -2.27. The summed E-state index contributed by atoms with van der Waals surface area (Å²) in [5, 5.41) is 10.4. The van der Waals surface area contributed by atoms with Gasteiger partial charge in [-0.2, -0.15) is 0 Å². The lowest BCUT2D eigenvalue weighted by Crippen LogP contribution is -2.34. The van der Waals surface area contributed by atoms with Crippen molar-refractivity contribution in [3.63, 3.8) is 0 Å². The van der Waals surface area contributed by atoms with Crippen LogP contribution in [0.15, 0.2) is 41.0 Å². The fourth-order valence-electron chi connectivity index (χ4n) is 2.91. The molecule has 19 heavy (non-hydrogen) atoms. The van der Waals surface area contributed by atoms with Crippen LogP contribution in [0.3, 0.4) is 0 Å². The van der Waals surface area contributed by atoms with E-state index in [0.717, 1.165) is 24.3 Å². The standard InChI is InChI=1S/C16H19NO2/c1-11-13(7-8-19-11)10-17(2)15-9-12-5-3-4-6-14(12)16(15)18/h3-8,15-16,18H,9-10H2,1-2H3. The predicted octanol–water partition coefficient (Wildman–Crippen LogP) is 2.68. The van der Waals surface area contributed by atoms with Crippen LogP contribution in [0.25, 0.3) is 0 Å². The van der Waals surface area contributed by atoms with E-state index in [2.05, 4.69) is 18.0 Å². The van der Waals surface area contributed by atoms with Gasteiger partial charge < -0.3 is 9.52 Å². The third-order valence-corrected chi connectivity index (χ3v) is 4.12. The topological polar surface area (TPSA) is 36.6 Å². The Hall–Kier alpha value is -1.58. The van der Waals surface area contributed by atoms with E-state index < -0.39 is 6.10 Å². The number of benzene rings is 1. The molecule has 1 heterocycles. The van der Waals surface area contributed by atoms with Gasteiger partial charge in [-0.25, -0.2) is 0 Å². The fourth-order valence-corrected chi connectivity index (χ4v) is 2.91. The van der Waals surface area contributed by atoms with E-state index in [1.54, 1.807) is 6.26 Å². The number of hydrogen-bond donors (Lipinski definition) is 1. The molecule has 0 aliphatic heterocycles. The zero-order valence-electron chi connectivity index (χ0n) is 11.3. The van der Waals surface area contributed by atoms with E-state index in [0.29, 0.717) is 0 Å². The highest BCUT2D eigenvalue weighted by Crippen LogP contribution is 2.34. The lowest BCUT2D eigenvalue weighted by molar-refractivity contribution is 0.0719. The summed E-state index contributed by atoms with van der Waals surface area (Å²) in [5.41, 5.74) is 3.52. The summed E-state index contributed by atoms with van der Waals surface area (Å²) in [5.74, 6) is 0.955. The van der Waals surface area contributed by atoms with Crippen molar-refractivity contribution in [3.05, 3.63) is 59.0 Å². The Morgan fingerprint density at radius 3 is 2.79 bits per heavy atom. The summed E-state index contributed by atoms with van der Waals surface area (Å²) in [7, 11) is 2.06. The maximum atomic E-state index is 10.4. The van der Waals surface area contributed by atoms with Crippen LogP contribution in [0.2, 0.25) is 0 Å². The molecule has 2 atom stereocenters. The maximum Gasteiger partial charge on any atom is 0.105 e. The molecule has 3 nitrogen and oxygen atoms in total. The average molecular weight is 257 g/mol. The van der Waals surface area contributed by atoms with Crippen molar-refractivity contribution >= 4 is 0 Å². The highest BCUT2D eigenvalue weighted by atomic mass is 16.3. The van der Waals surface area contributed by atoms with Gasteiger partial charge >= 0.3 is 0 Å². The van der Waals surface area contributed by atoms with Gasteiger partial charge in [0.15, 0.2) is 0 Å². The summed E-state index contributed by atoms with van der Waals surface area (Å²) in [6.07, 6.45) is 2.23. The molecule has 0 saturated carbocycles. The molecule has 0 fully saturated rings. The Labute approximate surface area is 113 Å². The molecule has 1 aliphatic carbocycles. The molecular weight excluding hydrogens is 238 g/mol. The van der Waals surface area contributed by atoms with Crippen LogP contribution in [0.5, 0.6) is 0 Å². The molecule has 1 aromatic carbocycles. The van der Waals surface area contributed by atoms with E-state index in [-0.39, 0.29) is 6.04 Å². The predicted molar refractivity (Wildman–Crippen MR) is 73.8 cm³/mol. The van der Waals surface area contributed by atoms with E-state index in [1.165, 1.54) is 11.1 Å². The molecule has 1 aromatic heterocycles. The molecule has 3 rings (SSSR count). The Morgan fingerprint density at radius 2 is 2.11 bits per heavy atom. The van der Waals surface area contributed by atoms with Crippen molar-refractivity contribution in [1.82, 2.24) is 4.90 Å². The summed E-state index contributed by atoms with van der Waals surface area (Å²) in [4.78, 5) is 2.21. The van der Waals surface area contributed by atoms with E-state index in [1.807, 2.05) is 31.2 Å². The quantitative estimate of drug-likeness (QED) is 0.918. The highest BCUT2D eigenvalue weighted by molar-refractivity contribution is 5.36. The maximum absolute atomic E-state index is 10.4. The van der Waals surface area contributed by atoms with Gasteiger partial charge in [-0.3, -0.25) is 4.90 Å². The monoisotopic (exact) mass is 257 g/mol. The van der Waals surface area contributed by atoms with Gasteiger partial charge in [-0.05, 0) is 37.6 Å². The molecule has 0 radical (unpaired) electrons. The molecule has 2 aromatic rings. The Bertz CT molecular complexity index is 576. The van der Waals surface area contributed by atoms with Crippen LogP contribution in [0.1, 0.15) is 28.6 Å². The first-order chi connectivity index (χ1) is 9.16. The molecule has 0 saturated heterocycles. The zero-order chi connectivity index (χ0) is 13.4. The minimum absolute atomic E-state index is 0.145. The van der Waals surface area contributed by atoms with Crippen LogP contribution in [-0.2, 0) is 13.0 Å². The number of rotatable bonds is 3. The van der Waals surface area contributed by atoms with Gasteiger partial charge in [0.25, 0.3) is 0 Å². The van der Waals surface area contributed by atoms with Crippen molar-refractivity contribution < 1.29 is 9.52 Å². The van der Waals surface area contributed by atoms with E-state index in [9.17, 15) is 5.11 Å². The minimum atomic E-state index is -0.395. The van der Waals surface area contributed by atoms with E-state index in [4.69, 9.17) is 4.42 Å². The van der Waals surface area contributed by atoms with Crippen molar-refractivity contribution in [2.75, 3.05) is 7.05 Å². The van der Waals surface area contributed by atoms with Crippen LogP contribution in [0.4, 0.5) is 0 Å². The Balaban J connectivity index is 1.76. The molecule has 0 spiro atoms. The fraction of sp³-hybridized carbons (Fsp3) is 0.375. The van der Waals surface area contributed by atoms with Gasteiger partial charge in [0.1, 0.15) is 5.76 Å². The second kappa shape index (κ2) is 4.83. The smallest absolute Gasteiger partial charge is 0.105 e. The first-order valence-corrected chi connectivity index (χ1v) is 6.66. The highest BCUT2D eigenvalue weighted by Gasteiger charge is 2.33. The second-order valence-corrected chi connectivity index (χ2v) is 5.33. The number of aliphatic hydroxyl groups is 1. The van der Waals surface area contributed by atoms with E-state index >= 15 is 0 Å². The number of likely N-dealkylation sites (N-methyl/N-ethyl adjacent to an activating group) is 1. The Kier molecular flexibility index (Phi) is 3.17. The molecule has 1 aliphatic rings. The van der Waals surface area contributed by atoms with Gasteiger partial charge in [0.2, 0.25) is 0 Å². The molecule has 0 amide bonds. The normalized spacial score (nSPS) is 21.9. The summed E-state index contributed by atoms with van der Waals surface area (Å²) < 4.78 is 5.33. The summed E-state index contributed by atoms with van der Waals surface area (Å²) >= 11 is 0. The SMILES string of the molecule is Cc1occc1CN(C)C1Cc2ccccc2C1O. The van der Waals surface area contributed by atoms with Gasteiger partial charge in [0, 0.05) is 18.2 Å². The molecule has 3 heteroatoms. The van der Waals surface area contributed by atoms with Gasteiger partial charge in [0.05, 0.1) is 12.4 Å². The average Bonchev–Trinajstić information content (AvgIpc) is 2.95. The third kappa shape index (κ3) is 2.20.